The van der Waals surface area contributed by atoms with Gasteiger partial charge in [-0.15, -0.1) is 11.3 Å². The first-order valence-corrected chi connectivity index (χ1v) is 8.34. The molecule has 2 aromatic heterocycles. The Morgan fingerprint density at radius 2 is 2.08 bits per heavy atom. The van der Waals surface area contributed by atoms with Gasteiger partial charge in [-0.1, -0.05) is 0 Å². The van der Waals surface area contributed by atoms with Crippen LogP contribution < -0.4 is 0 Å². The molecule has 2 heterocycles. The zero-order valence-electron chi connectivity index (χ0n) is 13.4. The molecule has 1 aromatic carbocycles. The van der Waals surface area contributed by atoms with Crippen LogP contribution in [0.1, 0.15) is 16.3 Å². The van der Waals surface area contributed by atoms with Gasteiger partial charge in [-0.05, 0) is 31.2 Å². The van der Waals surface area contributed by atoms with Crippen molar-refractivity contribution in [2.24, 2.45) is 0 Å². The standard InChI is InChI=1S/C17H17FN4OS/c1-11-20-15(10-24-11)7-16(23)22(2)9-13-8-19-21-17(13)12-3-5-14(18)6-4-12/h3-6,8,10H,7,9H2,1-2H3,(H,19,21). The van der Waals surface area contributed by atoms with Gasteiger partial charge in [0, 0.05) is 30.1 Å². The number of H-pyrrole nitrogens is 1. The average molecular weight is 344 g/mol. The predicted octanol–water partition coefficient (Wildman–Crippen LogP) is 3.18. The van der Waals surface area contributed by atoms with E-state index in [2.05, 4.69) is 15.2 Å². The molecule has 0 unspecified atom stereocenters. The van der Waals surface area contributed by atoms with Gasteiger partial charge in [-0.3, -0.25) is 9.89 Å². The van der Waals surface area contributed by atoms with Gasteiger partial charge in [-0.2, -0.15) is 5.10 Å². The normalized spacial score (nSPS) is 10.8. The van der Waals surface area contributed by atoms with Gasteiger partial charge in [0.2, 0.25) is 5.91 Å². The zero-order chi connectivity index (χ0) is 17.1. The Hall–Kier alpha value is -2.54. The van der Waals surface area contributed by atoms with Crippen LogP contribution in [0.15, 0.2) is 35.8 Å². The minimum atomic E-state index is -0.286. The fraction of sp³-hybridized carbons (Fsp3) is 0.235. The summed E-state index contributed by atoms with van der Waals surface area (Å²) in [7, 11) is 1.75. The van der Waals surface area contributed by atoms with Crippen molar-refractivity contribution >= 4 is 17.2 Å². The predicted molar refractivity (Wildman–Crippen MR) is 91.0 cm³/mol. The molecule has 3 rings (SSSR count). The average Bonchev–Trinajstić information content (AvgIpc) is 3.17. The maximum Gasteiger partial charge on any atom is 0.228 e. The fourth-order valence-electron chi connectivity index (χ4n) is 2.42. The summed E-state index contributed by atoms with van der Waals surface area (Å²) < 4.78 is 13.1. The SMILES string of the molecule is Cc1nc(CC(=O)N(C)Cc2cn[nH]c2-c2ccc(F)cc2)cs1. The van der Waals surface area contributed by atoms with Crippen molar-refractivity contribution in [3.05, 3.63) is 57.9 Å². The number of likely N-dealkylation sites (N-methyl/N-ethyl adjacent to an activating group) is 1. The number of halogens is 1. The van der Waals surface area contributed by atoms with Crippen molar-refractivity contribution < 1.29 is 9.18 Å². The maximum absolute atomic E-state index is 13.1. The van der Waals surface area contributed by atoms with Crippen molar-refractivity contribution in [2.75, 3.05) is 7.05 Å². The summed E-state index contributed by atoms with van der Waals surface area (Å²) in [6, 6.07) is 6.18. The number of aryl methyl sites for hydroxylation is 1. The largest absolute Gasteiger partial charge is 0.341 e. The molecule has 3 aromatic rings. The molecule has 0 saturated carbocycles. The van der Waals surface area contributed by atoms with E-state index in [0.29, 0.717) is 6.54 Å². The smallest absolute Gasteiger partial charge is 0.228 e. The maximum atomic E-state index is 13.1. The van der Waals surface area contributed by atoms with E-state index >= 15 is 0 Å². The van der Waals surface area contributed by atoms with Crippen LogP contribution in [0.2, 0.25) is 0 Å². The number of aromatic amines is 1. The highest BCUT2D eigenvalue weighted by Gasteiger charge is 2.15. The second-order valence-corrected chi connectivity index (χ2v) is 6.62. The number of carbonyl (C=O) groups excluding carboxylic acids is 1. The van der Waals surface area contributed by atoms with Crippen molar-refractivity contribution in [3.8, 4) is 11.3 Å². The summed E-state index contributed by atoms with van der Waals surface area (Å²) >= 11 is 1.54. The Balaban J connectivity index is 1.70. The third kappa shape index (κ3) is 3.68. The molecule has 124 valence electrons. The quantitative estimate of drug-likeness (QED) is 0.773. The van der Waals surface area contributed by atoms with E-state index in [0.717, 1.165) is 27.5 Å². The molecule has 0 atom stereocenters. The van der Waals surface area contributed by atoms with E-state index in [1.807, 2.05) is 12.3 Å². The fourth-order valence-corrected chi connectivity index (χ4v) is 3.03. The van der Waals surface area contributed by atoms with Crippen molar-refractivity contribution in [3.63, 3.8) is 0 Å². The van der Waals surface area contributed by atoms with Crippen LogP contribution >= 0.6 is 11.3 Å². The summed E-state index contributed by atoms with van der Waals surface area (Å²) in [5, 5.41) is 9.83. The number of hydrogen-bond donors (Lipinski definition) is 1. The lowest BCUT2D eigenvalue weighted by Crippen LogP contribution is -2.27. The Morgan fingerprint density at radius 3 is 2.75 bits per heavy atom. The highest BCUT2D eigenvalue weighted by Crippen LogP contribution is 2.22. The Morgan fingerprint density at radius 1 is 1.33 bits per heavy atom. The number of benzene rings is 1. The Bertz CT molecular complexity index is 840. The van der Waals surface area contributed by atoms with Crippen LogP contribution in [-0.2, 0) is 17.8 Å². The lowest BCUT2D eigenvalue weighted by atomic mass is 10.1. The van der Waals surface area contributed by atoms with Gasteiger partial charge in [0.25, 0.3) is 0 Å². The molecule has 0 bridgehead atoms. The molecule has 0 radical (unpaired) electrons. The van der Waals surface area contributed by atoms with E-state index in [-0.39, 0.29) is 18.1 Å². The third-order valence-electron chi connectivity index (χ3n) is 3.68. The summed E-state index contributed by atoms with van der Waals surface area (Å²) in [4.78, 5) is 18.3. The zero-order valence-corrected chi connectivity index (χ0v) is 14.2. The van der Waals surface area contributed by atoms with Gasteiger partial charge in [0.05, 0.1) is 29.0 Å². The molecule has 1 N–H and O–H groups in total. The van der Waals surface area contributed by atoms with Crippen LogP contribution in [0.5, 0.6) is 0 Å². The molecule has 24 heavy (non-hydrogen) atoms. The molecule has 0 fully saturated rings. The van der Waals surface area contributed by atoms with E-state index in [1.165, 1.54) is 23.5 Å². The van der Waals surface area contributed by atoms with Gasteiger partial charge in [-0.25, -0.2) is 9.37 Å². The van der Waals surface area contributed by atoms with E-state index < -0.39 is 0 Å². The number of aromatic nitrogens is 3. The minimum absolute atomic E-state index is 0.00782. The van der Waals surface area contributed by atoms with Crippen molar-refractivity contribution in [2.45, 2.75) is 19.9 Å². The molecule has 7 heteroatoms. The summed E-state index contributed by atoms with van der Waals surface area (Å²) in [5.74, 6) is -0.294. The molecular formula is C17H17FN4OS. The number of nitrogens with one attached hydrogen (secondary N) is 1. The third-order valence-corrected chi connectivity index (χ3v) is 4.51. The molecule has 1 amide bonds. The summed E-state index contributed by atoms with van der Waals surface area (Å²) in [6.45, 7) is 2.34. The highest BCUT2D eigenvalue weighted by atomic mass is 32.1. The molecule has 0 saturated heterocycles. The highest BCUT2D eigenvalue weighted by molar-refractivity contribution is 7.09. The number of nitrogens with zero attached hydrogens (tertiary/aromatic N) is 3. The van der Waals surface area contributed by atoms with Gasteiger partial charge < -0.3 is 4.90 Å². The minimum Gasteiger partial charge on any atom is -0.341 e. The first kappa shape index (κ1) is 16.3. The number of rotatable bonds is 5. The topological polar surface area (TPSA) is 61.9 Å². The van der Waals surface area contributed by atoms with Crippen molar-refractivity contribution in [1.82, 2.24) is 20.1 Å². The Kier molecular flexibility index (Phi) is 4.71. The number of amides is 1. The molecular weight excluding hydrogens is 327 g/mol. The van der Waals surface area contributed by atoms with E-state index in [4.69, 9.17) is 0 Å². The number of carbonyl (C=O) groups is 1. The van der Waals surface area contributed by atoms with Crippen LogP contribution in [-0.4, -0.2) is 33.0 Å². The van der Waals surface area contributed by atoms with Gasteiger partial charge in [0.1, 0.15) is 5.82 Å². The van der Waals surface area contributed by atoms with E-state index in [1.54, 1.807) is 30.3 Å². The van der Waals surface area contributed by atoms with Crippen LogP contribution in [0, 0.1) is 12.7 Å². The molecule has 0 aliphatic carbocycles. The second kappa shape index (κ2) is 6.92. The number of hydrogen-bond acceptors (Lipinski definition) is 4. The van der Waals surface area contributed by atoms with Crippen molar-refractivity contribution in [1.29, 1.82) is 0 Å². The van der Waals surface area contributed by atoms with Crippen LogP contribution in [0.25, 0.3) is 11.3 Å². The van der Waals surface area contributed by atoms with E-state index in [9.17, 15) is 9.18 Å². The van der Waals surface area contributed by atoms with Crippen LogP contribution in [0.4, 0.5) is 4.39 Å². The van der Waals surface area contributed by atoms with Gasteiger partial charge in [0.15, 0.2) is 0 Å². The molecule has 0 spiro atoms. The lowest BCUT2D eigenvalue weighted by Gasteiger charge is -2.16. The number of thiazole rings is 1. The summed E-state index contributed by atoms with van der Waals surface area (Å²) in [5.41, 5.74) is 3.30. The molecule has 5 nitrogen and oxygen atoms in total. The Labute approximate surface area is 143 Å². The lowest BCUT2D eigenvalue weighted by molar-refractivity contribution is -0.129. The van der Waals surface area contributed by atoms with Gasteiger partial charge >= 0.3 is 0 Å². The van der Waals surface area contributed by atoms with Crippen LogP contribution in [0.3, 0.4) is 0 Å². The summed E-state index contributed by atoms with van der Waals surface area (Å²) in [6.07, 6.45) is 1.97. The molecule has 0 aliphatic heterocycles. The molecule has 0 aliphatic rings. The second-order valence-electron chi connectivity index (χ2n) is 5.56. The first-order valence-electron chi connectivity index (χ1n) is 7.46. The first-order chi connectivity index (χ1) is 11.5. The monoisotopic (exact) mass is 344 g/mol.